The minimum atomic E-state index is -0.255. The third-order valence-electron chi connectivity index (χ3n) is 7.25. The van der Waals surface area contributed by atoms with Crippen LogP contribution in [-0.2, 0) is 14.4 Å². The Hall–Kier alpha value is -2.34. The third-order valence-corrected chi connectivity index (χ3v) is 7.48. The van der Waals surface area contributed by atoms with E-state index in [4.69, 9.17) is 11.6 Å². The molecule has 2 saturated heterocycles. The lowest BCUT2D eigenvalue weighted by molar-refractivity contribution is -0.144. The Morgan fingerprint density at radius 2 is 1.87 bits per heavy atom. The number of hydrogen-bond acceptors (Lipinski definition) is 4. The average Bonchev–Trinajstić information content (AvgIpc) is 3.49. The van der Waals surface area contributed by atoms with E-state index in [9.17, 15) is 14.4 Å². The number of nitrogens with zero attached hydrogens (tertiary/aromatic N) is 2. The molecule has 1 N–H and O–H groups in total. The highest BCUT2D eigenvalue weighted by atomic mass is 35.5. The highest BCUT2D eigenvalue weighted by Crippen LogP contribution is 2.52. The molecule has 0 spiro atoms. The molecule has 7 heteroatoms. The van der Waals surface area contributed by atoms with Crippen LogP contribution in [0.4, 0.5) is 5.69 Å². The summed E-state index contributed by atoms with van der Waals surface area (Å²) in [5.74, 6) is -0.408. The number of allylic oxidation sites excluding steroid dienone is 2. The fourth-order valence-electron chi connectivity index (χ4n) is 5.72. The first-order valence-corrected chi connectivity index (χ1v) is 11.1. The second-order valence-corrected chi connectivity index (χ2v) is 9.53. The maximum Gasteiger partial charge on any atom is 0.240 e. The van der Waals surface area contributed by atoms with Crippen LogP contribution in [0.15, 0.2) is 30.4 Å². The predicted octanol–water partition coefficient (Wildman–Crippen LogP) is 2.40. The van der Waals surface area contributed by atoms with Gasteiger partial charge in [0.1, 0.15) is 6.54 Å². The van der Waals surface area contributed by atoms with Crippen LogP contribution in [0.1, 0.15) is 18.4 Å². The second-order valence-electron chi connectivity index (χ2n) is 9.10. The fourth-order valence-corrected chi connectivity index (χ4v) is 5.89. The first-order chi connectivity index (χ1) is 14.4. The summed E-state index contributed by atoms with van der Waals surface area (Å²) in [6, 6.07) is 5.90. The van der Waals surface area contributed by atoms with Gasteiger partial charge in [-0.1, -0.05) is 29.8 Å². The van der Waals surface area contributed by atoms with Crippen LogP contribution in [0.2, 0.25) is 5.02 Å². The molecular weight excluding hydrogens is 402 g/mol. The van der Waals surface area contributed by atoms with E-state index in [1.54, 1.807) is 0 Å². The van der Waals surface area contributed by atoms with Crippen molar-refractivity contribution in [2.24, 2.45) is 29.6 Å². The first kappa shape index (κ1) is 19.6. The maximum absolute atomic E-state index is 12.7. The number of carbonyl (C=O) groups is 3. The molecule has 2 aliphatic carbocycles. The van der Waals surface area contributed by atoms with Crippen LogP contribution >= 0.6 is 11.6 Å². The summed E-state index contributed by atoms with van der Waals surface area (Å²) < 4.78 is 0. The molecule has 30 heavy (non-hydrogen) atoms. The molecule has 4 aliphatic rings. The number of nitrogens with one attached hydrogen (secondary N) is 1. The SMILES string of the molecule is Cc1ccc(Cl)cc1N1CCC(CNC(=O)CN2C(=O)C3C4C=CC(C4)C3C2=O)C1. The van der Waals surface area contributed by atoms with Gasteiger partial charge in [-0.2, -0.15) is 0 Å². The number of aryl methyl sites for hydroxylation is 1. The highest BCUT2D eigenvalue weighted by Gasteiger charge is 2.59. The molecule has 3 fully saturated rings. The number of hydrogen-bond donors (Lipinski definition) is 1. The van der Waals surface area contributed by atoms with E-state index in [0.29, 0.717) is 12.5 Å². The van der Waals surface area contributed by atoms with Crippen molar-refractivity contribution in [1.29, 1.82) is 0 Å². The molecule has 5 unspecified atom stereocenters. The quantitative estimate of drug-likeness (QED) is 0.578. The summed E-state index contributed by atoms with van der Waals surface area (Å²) in [4.78, 5) is 41.4. The summed E-state index contributed by atoms with van der Waals surface area (Å²) >= 11 is 6.15. The zero-order valence-corrected chi connectivity index (χ0v) is 17.8. The minimum absolute atomic E-state index is 0.159. The molecule has 6 nitrogen and oxygen atoms in total. The van der Waals surface area contributed by atoms with Gasteiger partial charge in [0.05, 0.1) is 11.8 Å². The van der Waals surface area contributed by atoms with Crippen molar-refractivity contribution in [2.75, 3.05) is 31.1 Å². The molecule has 2 aliphatic heterocycles. The van der Waals surface area contributed by atoms with Crippen molar-refractivity contribution in [3.63, 3.8) is 0 Å². The number of carbonyl (C=O) groups excluding carboxylic acids is 3. The number of anilines is 1. The number of halogens is 1. The molecule has 5 rings (SSSR count). The van der Waals surface area contributed by atoms with Crippen LogP contribution in [-0.4, -0.2) is 48.8 Å². The zero-order chi connectivity index (χ0) is 21.0. The Bertz CT molecular complexity index is 916. The Kier molecular flexibility index (Phi) is 4.85. The van der Waals surface area contributed by atoms with E-state index < -0.39 is 0 Å². The molecule has 2 heterocycles. The van der Waals surface area contributed by atoms with Crippen LogP contribution in [0.5, 0.6) is 0 Å². The molecular formula is C23H26ClN3O3. The van der Waals surface area contributed by atoms with Crippen LogP contribution in [0.25, 0.3) is 0 Å². The van der Waals surface area contributed by atoms with E-state index >= 15 is 0 Å². The lowest BCUT2D eigenvalue weighted by atomic mass is 9.85. The number of likely N-dealkylation sites (tertiary alicyclic amines) is 1. The number of amides is 3. The Morgan fingerprint density at radius 1 is 1.17 bits per heavy atom. The molecule has 0 radical (unpaired) electrons. The second kappa shape index (κ2) is 7.41. The van der Waals surface area contributed by atoms with Gasteiger partial charge in [-0.15, -0.1) is 0 Å². The molecule has 1 saturated carbocycles. The molecule has 158 valence electrons. The van der Waals surface area contributed by atoms with Crippen molar-refractivity contribution < 1.29 is 14.4 Å². The minimum Gasteiger partial charge on any atom is -0.371 e. The molecule has 2 bridgehead atoms. The van der Waals surface area contributed by atoms with Crippen molar-refractivity contribution in [1.82, 2.24) is 10.2 Å². The number of fused-ring (bicyclic) bond motifs is 5. The first-order valence-electron chi connectivity index (χ1n) is 10.7. The zero-order valence-electron chi connectivity index (χ0n) is 17.0. The number of benzene rings is 1. The number of rotatable bonds is 5. The third kappa shape index (κ3) is 3.22. The van der Waals surface area contributed by atoms with E-state index in [1.165, 1.54) is 10.5 Å². The monoisotopic (exact) mass is 427 g/mol. The van der Waals surface area contributed by atoms with Gasteiger partial charge in [-0.05, 0) is 55.2 Å². The van der Waals surface area contributed by atoms with Crippen molar-refractivity contribution >= 4 is 35.0 Å². The predicted molar refractivity (Wildman–Crippen MR) is 114 cm³/mol. The van der Waals surface area contributed by atoms with Crippen molar-refractivity contribution in [3.8, 4) is 0 Å². The van der Waals surface area contributed by atoms with Crippen LogP contribution < -0.4 is 10.2 Å². The maximum atomic E-state index is 12.7. The standard InChI is InChI=1S/C23H26ClN3O3/c1-13-2-5-17(24)9-18(13)26-7-6-14(11-26)10-25-19(28)12-27-22(29)20-15-3-4-16(8-15)21(20)23(27)30/h2-5,9,14-16,20-21H,6-8,10-12H2,1H3,(H,25,28). The Labute approximate surface area is 181 Å². The van der Waals surface area contributed by atoms with E-state index in [-0.39, 0.29) is 47.9 Å². The number of imide groups is 1. The summed E-state index contributed by atoms with van der Waals surface area (Å²) in [6.07, 6.45) is 6.01. The van der Waals surface area contributed by atoms with Gasteiger partial charge in [0.25, 0.3) is 0 Å². The van der Waals surface area contributed by atoms with Gasteiger partial charge in [0.15, 0.2) is 0 Å². The summed E-state index contributed by atoms with van der Waals surface area (Å²) in [6.45, 7) is 4.23. The van der Waals surface area contributed by atoms with Crippen molar-refractivity contribution in [3.05, 3.63) is 40.9 Å². The van der Waals surface area contributed by atoms with E-state index in [2.05, 4.69) is 29.3 Å². The molecule has 5 atom stereocenters. The molecule has 0 aromatic heterocycles. The fraction of sp³-hybridized carbons (Fsp3) is 0.522. The molecule has 1 aromatic carbocycles. The summed E-state index contributed by atoms with van der Waals surface area (Å²) in [5.41, 5.74) is 2.32. The van der Waals surface area contributed by atoms with Gasteiger partial charge >= 0.3 is 0 Å². The lowest BCUT2D eigenvalue weighted by Gasteiger charge is -2.21. The Morgan fingerprint density at radius 3 is 2.57 bits per heavy atom. The van der Waals surface area contributed by atoms with Gasteiger partial charge < -0.3 is 10.2 Å². The summed E-state index contributed by atoms with van der Waals surface area (Å²) in [7, 11) is 0. The smallest absolute Gasteiger partial charge is 0.240 e. The molecule has 1 aromatic rings. The Balaban J connectivity index is 1.14. The summed E-state index contributed by atoms with van der Waals surface area (Å²) in [5, 5.41) is 3.66. The van der Waals surface area contributed by atoms with Gasteiger partial charge in [-0.25, -0.2) is 0 Å². The van der Waals surface area contributed by atoms with Gasteiger partial charge in [0, 0.05) is 30.3 Å². The topological polar surface area (TPSA) is 69.7 Å². The van der Waals surface area contributed by atoms with Gasteiger partial charge in [-0.3, -0.25) is 19.3 Å². The molecule has 3 amide bonds. The van der Waals surface area contributed by atoms with Crippen LogP contribution in [0, 0.1) is 36.5 Å². The van der Waals surface area contributed by atoms with E-state index in [1.807, 2.05) is 18.2 Å². The van der Waals surface area contributed by atoms with Crippen molar-refractivity contribution in [2.45, 2.75) is 19.8 Å². The average molecular weight is 428 g/mol. The normalized spacial score (nSPS) is 31.7. The lowest BCUT2D eigenvalue weighted by Crippen LogP contribution is -2.43. The largest absolute Gasteiger partial charge is 0.371 e. The van der Waals surface area contributed by atoms with Crippen LogP contribution in [0.3, 0.4) is 0 Å². The highest BCUT2D eigenvalue weighted by molar-refractivity contribution is 6.30. The van der Waals surface area contributed by atoms with Gasteiger partial charge in [0.2, 0.25) is 17.7 Å². The van der Waals surface area contributed by atoms with E-state index in [0.717, 1.165) is 36.6 Å².